The standard InChI is InChI=1S/C9H8INO/c10-8-4-7(2-1-3-11)5-9(12)6-8/h4-6,12H,1-2H2. The fraction of sp³-hybridized carbons (Fsp3) is 0.222. The van der Waals surface area contributed by atoms with Crippen molar-refractivity contribution < 1.29 is 5.11 Å². The molecule has 0 atom stereocenters. The highest BCUT2D eigenvalue weighted by molar-refractivity contribution is 14.1. The first-order valence-corrected chi connectivity index (χ1v) is 4.65. The van der Waals surface area contributed by atoms with E-state index in [1.54, 1.807) is 12.1 Å². The molecular weight excluding hydrogens is 265 g/mol. The number of nitrogens with zero attached hydrogens (tertiary/aromatic N) is 1. The molecule has 1 rings (SSSR count). The van der Waals surface area contributed by atoms with Gasteiger partial charge in [0, 0.05) is 9.99 Å². The summed E-state index contributed by atoms with van der Waals surface area (Å²) in [6.45, 7) is 0. The summed E-state index contributed by atoms with van der Waals surface area (Å²) in [5.41, 5.74) is 1.01. The van der Waals surface area contributed by atoms with E-state index in [2.05, 4.69) is 28.7 Å². The fourth-order valence-electron chi connectivity index (χ4n) is 0.978. The van der Waals surface area contributed by atoms with Gasteiger partial charge in [-0.05, 0) is 52.8 Å². The van der Waals surface area contributed by atoms with E-state index in [0.29, 0.717) is 12.8 Å². The maximum atomic E-state index is 9.21. The molecule has 0 aliphatic carbocycles. The van der Waals surface area contributed by atoms with Gasteiger partial charge in [-0.15, -0.1) is 0 Å². The molecule has 0 amide bonds. The molecule has 0 radical (unpaired) electrons. The molecule has 0 aliphatic rings. The van der Waals surface area contributed by atoms with Gasteiger partial charge in [0.2, 0.25) is 0 Å². The first-order chi connectivity index (χ1) is 5.72. The van der Waals surface area contributed by atoms with Gasteiger partial charge in [0.25, 0.3) is 0 Å². The third kappa shape index (κ3) is 2.70. The van der Waals surface area contributed by atoms with Crippen molar-refractivity contribution in [3.63, 3.8) is 0 Å². The van der Waals surface area contributed by atoms with E-state index in [0.717, 1.165) is 9.13 Å². The van der Waals surface area contributed by atoms with Crippen molar-refractivity contribution in [1.29, 1.82) is 5.26 Å². The second-order valence-corrected chi connectivity index (χ2v) is 3.72. The van der Waals surface area contributed by atoms with E-state index >= 15 is 0 Å². The maximum absolute atomic E-state index is 9.21. The number of hydrogen-bond donors (Lipinski definition) is 1. The number of phenols is 1. The van der Waals surface area contributed by atoms with Crippen LogP contribution in [-0.4, -0.2) is 5.11 Å². The molecule has 0 heterocycles. The van der Waals surface area contributed by atoms with Crippen molar-refractivity contribution in [3.8, 4) is 11.8 Å². The topological polar surface area (TPSA) is 44.0 Å². The van der Waals surface area contributed by atoms with Gasteiger partial charge in [-0.25, -0.2) is 0 Å². The molecule has 0 saturated heterocycles. The lowest BCUT2D eigenvalue weighted by molar-refractivity contribution is 0.474. The summed E-state index contributed by atoms with van der Waals surface area (Å²) in [5.74, 6) is 0.273. The molecule has 0 spiro atoms. The number of hydrogen-bond acceptors (Lipinski definition) is 2. The molecule has 0 saturated carbocycles. The van der Waals surface area contributed by atoms with Crippen molar-refractivity contribution in [3.05, 3.63) is 27.3 Å². The lowest BCUT2D eigenvalue weighted by atomic mass is 10.1. The van der Waals surface area contributed by atoms with E-state index in [4.69, 9.17) is 5.26 Å². The zero-order chi connectivity index (χ0) is 8.97. The minimum absolute atomic E-state index is 0.273. The Morgan fingerprint density at radius 3 is 2.75 bits per heavy atom. The van der Waals surface area contributed by atoms with Crippen molar-refractivity contribution in [2.24, 2.45) is 0 Å². The monoisotopic (exact) mass is 273 g/mol. The minimum Gasteiger partial charge on any atom is -0.508 e. The molecule has 12 heavy (non-hydrogen) atoms. The van der Waals surface area contributed by atoms with Crippen molar-refractivity contribution in [2.45, 2.75) is 12.8 Å². The van der Waals surface area contributed by atoms with Crippen molar-refractivity contribution in [1.82, 2.24) is 0 Å². The van der Waals surface area contributed by atoms with Gasteiger partial charge < -0.3 is 5.11 Å². The van der Waals surface area contributed by atoms with Crippen LogP contribution in [0.25, 0.3) is 0 Å². The highest BCUT2D eigenvalue weighted by atomic mass is 127. The Bertz CT molecular complexity index is 297. The molecule has 1 aromatic rings. The third-order valence-electron chi connectivity index (χ3n) is 1.47. The summed E-state index contributed by atoms with van der Waals surface area (Å²) < 4.78 is 1.00. The predicted octanol–water partition coefficient (Wildman–Crippen LogP) is 2.45. The summed E-state index contributed by atoms with van der Waals surface area (Å²) in [6, 6.07) is 7.43. The predicted molar refractivity (Wildman–Crippen MR) is 54.8 cm³/mol. The average molecular weight is 273 g/mol. The summed E-state index contributed by atoms with van der Waals surface area (Å²) in [4.78, 5) is 0. The van der Waals surface area contributed by atoms with Crippen molar-refractivity contribution >= 4 is 22.6 Å². The van der Waals surface area contributed by atoms with Gasteiger partial charge in [0.15, 0.2) is 0 Å². The largest absolute Gasteiger partial charge is 0.508 e. The third-order valence-corrected chi connectivity index (χ3v) is 2.09. The summed E-state index contributed by atoms with van der Waals surface area (Å²) in [6.07, 6.45) is 1.21. The lowest BCUT2D eigenvalue weighted by Gasteiger charge is -1.99. The molecule has 62 valence electrons. The molecule has 0 aromatic heterocycles. The summed E-state index contributed by atoms with van der Waals surface area (Å²) in [5, 5.41) is 17.6. The fourth-order valence-corrected chi connectivity index (χ4v) is 1.70. The van der Waals surface area contributed by atoms with Gasteiger partial charge in [-0.2, -0.15) is 5.26 Å². The van der Waals surface area contributed by atoms with Crippen molar-refractivity contribution in [2.75, 3.05) is 0 Å². The number of nitriles is 1. The zero-order valence-electron chi connectivity index (χ0n) is 6.42. The minimum atomic E-state index is 0.273. The van der Waals surface area contributed by atoms with Gasteiger partial charge in [0.1, 0.15) is 5.75 Å². The molecule has 0 bridgehead atoms. The Morgan fingerprint density at radius 1 is 1.42 bits per heavy atom. The van der Waals surface area contributed by atoms with Gasteiger partial charge in [-0.1, -0.05) is 0 Å². The van der Waals surface area contributed by atoms with E-state index < -0.39 is 0 Å². The van der Waals surface area contributed by atoms with E-state index in [1.165, 1.54) is 0 Å². The van der Waals surface area contributed by atoms with Crippen LogP contribution in [0.5, 0.6) is 5.75 Å². The lowest BCUT2D eigenvalue weighted by Crippen LogP contribution is -1.84. The number of aryl methyl sites for hydroxylation is 1. The van der Waals surface area contributed by atoms with Crippen LogP contribution in [0.4, 0.5) is 0 Å². The molecule has 0 aliphatic heterocycles. The van der Waals surface area contributed by atoms with Crippen LogP contribution in [0.3, 0.4) is 0 Å². The SMILES string of the molecule is N#CCCc1cc(O)cc(I)c1. The maximum Gasteiger partial charge on any atom is 0.116 e. The van der Waals surface area contributed by atoms with Gasteiger partial charge in [0.05, 0.1) is 6.07 Å². The average Bonchev–Trinajstić information content (AvgIpc) is 1.99. The Morgan fingerprint density at radius 2 is 2.17 bits per heavy atom. The van der Waals surface area contributed by atoms with Crippen LogP contribution in [0, 0.1) is 14.9 Å². The molecule has 3 heteroatoms. The zero-order valence-corrected chi connectivity index (χ0v) is 8.58. The molecule has 1 aromatic carbocycles. The van der Waals surface area contributed by atoms with Crippen LogP contribution in [0.1, 0.15) is 12.0 Å². The van der Waals surface area contributed by atoms with Crippen LogP contribution in [0.2, 0.25) is 0 Å². The highest BCUT2D eigenvalue weighted by Crippen LogP contribution is 2.18. The Labute approximate surface area is 85.0 Å². The van der Waals surface area contributed by atoms with Crippen LogP contribution in [0.15, 0.2) is 18.2 Å². The van der Waals surface area contributed by atoms with E-state index in [9.17, 15) is 5.11 Å². The molecule has 0 unspecified atom stereocenters. The molecule has 1 N–H and O–H groups in total. The molecule has 0 fully saturated rings. The smallest absolute Gasteiger partial charge is 0.116 e. The molecular formula is C9H8INO. The first-order valence-electron chi connectivity index (χ1n) is 3.58. The molecule has 2 nitrogen and oxygen atoms in total. The van der Waals surface area contributed by atoms with Crippen LogP contribution >= 0.6 is 22.6 Å². The second kappa shape index (κ2) is 4.31. The van der Waals surface area contributed by atoms with E-state index in [-0.39, 0.29) is 5.75 Å². The number of phenolic OH excluding ortho intramolecular Hbond substituents is 1. The highest BCUT2D eigenvalue weighted by Gasteiger charge is 1.97. The number of rotatable bonds is 2. The summed E-state index contributed by atoms with van der Waals surface area (Å²) >= 11 is 2.14. The summed E-state index contributed by atoms with van der Waals surface area (Å²) in [7, 11) is 0. The Balaban J connectivity index is 2.80. The Hall–Kier alpha value is -0.760. The first kappa shape index (κ1) is 9.33. The Kier molecular flexibility index (Phi) is 3.35. The van der Waals surface area contributed by atoms with Crippen LogP contribution in [-0.2, 0) is 6.42 Å². The quantitative estimate of drug-likeness (QED) is 0.841. The number of aromatic hydroxyl groups is 1. The van der Waals surface area contributed by atoms with Gasteiger partial charge >= 0.3 is 0 Å². The number of halogens is 1. The second-order valence-electron chi connectivity index (χ2n) is 2.48. The number of benzene rings is 1. The normalized spacial score (nSPS) is 9.33. The van der Waals surface area contributed by atoms with E-state index in [1.807, 2.05) is 6.07 Å². The van der Waals surface area contributed by atoms with Crippen LogP contribution < -0.4 is 0 Å². The van der Waals surface area contributed by atoms with Gasteiger partial charge in [-0.3, -0.25) is 0 Å².